The number of carbonyl (C=O) groups excluding carboxylic acids is 1. The van der Waals surface area contributed by atoms with Crippen LogP contribution >= 0.6 is 0 Å². The predicted molar refractivity (Wildman–Crippen MR) is 80.6 cm³/mol. The number of amides is 1. The van der Waals surface area contributed by atoms with Crippen molar-refractivity contribution < 1.29 is 9.53 Å². The van der Waals surface area contributed by atoms with Crippen LogP contribution < -0.4 is 5.32 Å². The molecule has 0 aromatic heterocycles. The normalized spacial score (nSPS) is 28.9. The van der Waals surface area contributed by atoms with Crippen molar-refractivity contribution in [3.63, 3.8) is 0 Å². The minimum absolute atomic E-state index is 0.0555. The Bertz CT molecular complexity index is 318. The molecule has 1 aliphatic carbocycles. The summed E-state index contributed by atoms with van der Waals surface area (Å²) in [4.78, 5) is 15.0. The summed E-state index contributed by atoms with van der Waals surface area (Å²) in [5.74, 6) is 1.61. The molecule has 116 valence electrons. The lowest BCUT2D eigenvalue weighted by Gasteiger charge is -2.34. The molecule has 0 bridgehead atoms. The van der Waals surface area contributed by atoms with Gasteiger partial charge in [-0.3, -0.25) is 4.79 Å². The lowest BCUT2D eigenvalue weighted by Crippen LogP contribution is -2.51. The third kappa shape index (κ3) is 3.17. The molecule has 1 heterocycles. The largest absolute Gasteiger partial charge is 0.383 e. The van der Waals surface area contributed by atoms with Gasteiger partial charge in [-0.15, -0.1) is 0 Å². The van der Waals surface area contributed by atoms with Crippen LogP contribution in [0.25, 0.3) is 0 Å². The molecule has 4 heteroatoms. The summed E-state index contributed by atoms with van der Waals surface area (Å²) in [5.41, 5.74) is 0. The Morgan fingerprint density at radius 2 is 2.10 bits per heavy atom. The van der Waals surface area contributed by atoms with Crippen molar-refractivity contribution in [1.29, 1.82) is 0 Å². The molecule has 1 saturated carbocycles. The Labute approximate surface area is 123 Å². The van der Waals surface area contributed by atoms with Crippen molar-refractivity contribution >= 4 is 5.91 Å². The van der Waals surface area contributed by atoms with Crippen LogP contribution in [0.1, 0.15) is 46.0 Å². The monoisotopic (exact) mass is 282 g/mol. The van der Waals surface area contributed by atoms with E-state index in [1.165, 1.54) is 19.3 Å². The van der Waals surface area contributed by atoms with Crippen molar-refractivity contribution in [3.05, 3.63) is 0 Å². The Hall–Kier alpha value is -0.610. The van der Waals surface area contributed by atoms with Crippen molar-refractivity contribution in [3.8, 4) is 0 Å². The highest BCUT2D eigenvalue weighted by atomic mass is 16.5. The van der Waals surface area contributed by atoms with Crippen molar-refractivity contribution in [1.82, 2.24) is 10.2 Å². The fraction of sp³-hybridized carbons (Fsp3) is 0.938. The number of hydrogen-bond acceptors (Lipinski definition) is 3. The van der Waals surface area contributed by atoms with Crippen LogP contribution in [0.15, 0.2) is 0 Å². The second-order valence-corrected chi connectivity index (χ2v) is 6.24. The first-order valence-corrected chi connectivity index (χ1v) is 8.25. The van der Waals surface area contributed by atoms with Gasteiger partial charge in [0.1, 0.15) is 0 Å². The maximum absolute atomic E-state index is 13.0. The Kier molecular flexibility index (Phi) is 5.85. The van der Waals surface area contributed by atoms with Crippen LogP contribution in [0.2, 0.25) is 0 Å². The molecule has 0 aromatic rings. The van der Waals surface area contributed by atoms with Crippen LogP contribution in [0, 0.1) is 11.8 Å². The summed E-state index contributed by atoms with van der Waals surface area (Å²) >= 11 is 0. The number of hydrogen-bond donors (Lipinski definition) is 1. The molecule has 20 heavy (non-hydrogen) atoms. The fourth-order valence-corrected chi connectivity index (χ4v) is 4.03. The van der Waals surface area contributed by atoms with E-state index in [4.69, 9.17) is 4.74 Å². The molecule has 0 spiro atoms. The molecule has 1 N–H and O–H groups in total. The third-order valence-electron chi connectivity index (χ3n) is 5.21. The van der Waals surface area contributed by atoms with Gasteiger partial charge in [0.25, 0.3) is 0 Å². The Morgan fingerprint density at radius 3 is 2.75 bits per heavy atom. The number of carbonyl (C=O) groups is 1. The van der Waals surface area contributed by atoms with Gasteiger partial charge < -0.3 is 15.0 Å². The van der Waals surface area contributed by atoms with E-state index < -0.39 is 0 Å². The Morgan fingerprint density at radius 1 is 1.35 bits per heavy atom. The lowest BCUT2D eigenvalue weighted by atomic mass is 9.92. The molecule has 2 rings (SSSR count). The number of ether oxygens (including phenoxy) is 1. The van der Waals surface area contributed by atoms with E-state index >= 15 is 0 Å². The second-order valence-electron chi connectivity index (χ2n) is 6.24. The zero-order chi connectivity index (χ0) is 14.5. The number of fused-ring (bicyclic) bond motifs is 1. The minimum atomic E-state index is 0.0555. The minimum Gasteiger partial charge on any atom is -0.383 e. The number of nitrogens with zero attached hydrogens (tertiary/aromatic N) is 1. The number of rotatable bonds is 7. The standard InChI is InChI=1S/C16H30N2O2/c1-4-13(5-2)18(9-10-20-3)16(19)15-14-8-6-7-12(14)11-17-15/h12-15,17H,4-11H2,1-3H3. The third-order valence-corrected chi connectivity index (χ3v) is 5.21. The van der Waals surface area contributed by atoms with Gasteiger partial charge >= 0.3 is 0 Å². The predicted octanol–water partition coefficient (Wildman–Crippen LogP) is 2.04. The van der Waals surface area contributed by atoms with Gasteiger partial charge in [-0.1, -0.05) is 20.3 Å². The maximum atomic E-state index is 13.0. The average Bonchev–Trinajstić information content (AvgIpc) is 3.05. The highest BCUT2D eigenvalue weighted by Gasteiger charge is 2.44. The van der Waals surface area contributed by atoms with Crippen LogP contribution in [-0.2, 0) is 9.53 Å². The summed E-state index contributed by atoms with van der Waals surface area (Å²) in [6.07, 6.45) is 5.85. The smallest absolute Gasteiger partial charge is 0.240 e. The molecule has 3 atom stereocenters. The molecule has 2 fully saturated rings. The van der Waals surface area contributed by atoms with E-state index in [0.29, 0.717) is 24.5 Å². The van der Waals surface area contributed by atoms with Gasteiger partial charge in [0, 0.05) is 19.7 Å². The first-order valence-electron chi connectivity index (χ1n) is 8.25. The topological polar surface area (TPSA) is 41.6 Å². The summed E-state index contributed by atoms with van der Waals surface area (Å²) in [6, 6.07) is 0.403. The molecular formula is C16H30N2O2. The van der Waals surface area contributed by atoms with E-state index in [9.17, 15) is 4.79 Å². The first-order chi connectivity index (χ1) is 9.72. The maximum Gasteiger partial charge on any atom is 0.240 e. The molecule has 0 radical (unpaired) electrons. The van der Waals surface area contributed by atoms with Crippen molar-refractivity contribution in [2.45, 2.75) is 58.0 Å². The molecule has 1 amide bonds. The van der Waals surface area contributed by atoms with Gasteiger partial charge in [0.2, 0.25) is 5.91 Å². The molecule has 1 aliphatic heterocycles. The van der Waals surface area contributed by atoms with Gasteiger partial charge in [0.05, 0.1) is 12.6 Å². The quantitative estimate of drug-likeness (QED) is 0.777. The average molecular weight is 282 g/mol. The number of nitrogens with one attached hydrogen (secondary N) is 1. The zero-order valence-corrected chi connectivity index (χ0v) is 13.2. The van der Waals surface area contributed by atoms with E-state index in [2.05, 4.69) is 24.1 Å². The SMILES string of the molecule is CCC(CC)N(CCOC)C(=O)C1NCC2CCCC21. The molecule has 3 unspecified atom stereocenters. The van der Waals surface area contributed by atoms with Crippen LogP contribution in [0.5, 0.6) is 0 Å². The molecule has 4 nitrogen and oxygen atoms in total. The summed E-state index contributed by atoms with van der Waals surface area (Å²) in [5, 5.41) is 3.49. The van der Waals surface area contributed by atoms with E-state index in [1.807, 2.05) is 0 Å². The highest BCUT2D eigenvalue weighted by molar-refractivity contribution is 5.83. The Balaban J connectivity index is 2.05. The molecular weight excluding hydrogens is 252 g/mol. The van der Waals surface area contributed by atoms with Gasteiger partial charge in [-0.25, -0.2) is 0 Å². The second kappa shape index (κ2) is 7.41. The lowest BCUT2D eigenvalue weighted by molar-refractivity contribution is -0.137. The van der Waals surface area contributed by atoms with Crippen LogP contribution in [0.4, 0.5) is 0 Å². The van der Waals surface area contributed by atoms with Crippen molar-refractivity contribution in [2.75, 3.05) is 26.8 Å². The van der Waals surface area contributed by atoms with Gasteiger partial charge in [-0.2, -0.15) is 0 Å². The van der Waals surface area contributed by atoms with Crippen LogP contribution in [0.3, 0.4) is 0 Å². The van der Waals surface area contributed by atoms with E-state index in [1.54, 1.807) is 7.11 Å². The molecule has 0 aromatic carbocycles. The van der Waals surface area contributed by atoms with E-state index in [0.717, 1.165) is 31.8 Å². The van der Waals surface area contributed by atoms with E-state index in [-0.39, 0.29) is 6.04 Å². The van der Waals surface area contributed by atoms with Gasteiger partial charge in [0.15, 0.2) is 0 Å². The zero-order valence-electron chi connectivity index (χ0n) is 13.2. The summed E-state index contributed by atoms with van der Waals surface area (Å²) < 4.78 is 5.20. The summed E-state index contributed by atoms with van der Waals surface area (Å²) in [7, 11) is 1.70. The fourth-order valence-electron chi connectivity index (χ4n) is 4.03. The number of methoxy groups -OCH3 is 1. The van der Waals surface area contributed by atoms with Gasteiger partial charge in [-0.05, 0) is 44.1 Å². The van der Waals surface area contributed by atoms with Crippen molar-refractivity contribution in [2.24, 2.45) is 11.8 Å². The molecule has 1 saturated heterocycles. The summed E-state index contributed by atoms with van der Waals surface area (Å²) in [6.45, 7) is 6.71. The highest BCUT2D eigenvalue weighted by Crippen LogP contribution is 2.38. The van der Waals surface area contributed by atoms with Crippen LogP contribution in [-0.4, -0.2) is 49.7 Å². The first kappa shape index (κ1) is 15.8. The molecule has 2 aliphatic rings.